The van der Waals surface area contributed by atoms with E-state index in [0.29, 0.717) is 0 Å². The van der Waals surface area contributed by atoms with E-state index in [-0.39, 0.29) is 6.10 Å². The lowest BCUT2D eigenvalue weighted by atomic mass is 10.1. The molecule has 1 atom stereocenters. The van der Waals surface area contributed by atoms with Crippen molar-refractivity contribution < 1.29 is 5.11 Å². The number of aliphatic hydroxyl groups excluding tert-OH is 1. The minimum absolute atomic E-state index is 0.124. The Morgan fingerprint density at radius 3 is 2.75 bits per heavy atom. The van der Waals surface area contributed by atoms with Crippen molar-refractivity contribution in [1.29, 1.82) is 0 Å². The minimum atomic E-state index is -0.124. The Morgan fingerprint density at radius 2 is 2.17 bits per heavy atom. The van der Waals surface area contributed by atoms with Crippen LogP contribution in [-0.4, -0.2) is 11.2 Å². The highest BCUT2D eigenvalue weighted by molar-refractivity contribution is 4.76. The van der Waals surface area contributed by atoms with E-state index in [1.165, 1.54) is 12.8 Å². The van der Waals surface area contributed by atoms with Crippen LogP contribution >= 0.6 is 0 Å². The number of hydrogen-bond acceptors (Lipinski definition) is 1. The van der Waals surface area contributed by atoms with Gasteiger partial charge in [0.2, 0.25) is 0 Å². The summed E-state index contributed by atoms with van der Waals surface area (Å²) in [5, 5.41) is 9.43. The van der Waals surface area contributed by atoms with Crippen molar-refractivity contribution >= 4 is 0 Å². The van der Waals surface area contributed by atoms with Crippen LogP contribution in [0.1, 0.15) is 45.4 Å². The highest BCUT2D eigenvalue weighted by atomic mass is 16.3. The van der Waals surface area contributed by atoms with Crippen LogP contribution in [0, 0.1) is 0 Å². The lowest BCUT2D eigenvalue weighted by Crippen LogP contribution is -2.04. The van der Waals surface area contributed by atoms with E-state index in [2.05, 4.69) is 19.2 Å². The molecule has 0 aromatic heterocycles. The van der Waals surface area contributed by atoms with Crippen molar-refractivity contribution in [2.75, 3.05) is 0 Å². The number of hydrogen-bond donors (Lipinski definition) is 1. The lowest BCUT2D eigenvalue weighted by Gasteiger charge is -2.07. The molecule has 0 aliphatic carbocycles. The van der Waals surface area contributed by atoms with E-state index >= 15 is 0 Å². The predicted octanol–water partition coefficient (Wildman–Crippen LogP) is 3.05. The fourth-order valence-corrected chi connectivity index (χ4v) is 1.15. The Balaban J connectivity index is 3.20. The quantitative estimate of drug-likeness (QED) is 0.457. The van der Waals surface area contributed by atoms with Crippen molar-refractivity contribution in [3.63, 3.8) is 0 Å². The second-order valence-electron chi connectivity index (χ2n) is 3.14. The van der Waals surface area contributed by atoms with Crippen molar-refractivity contribution in [2.24, 2.45) is 0 Å². The molecule has 0 bridgehead atoms. The zero-order valence-corrected chi connectivity index (χ0v) is 8.05. The van der Waals surface area contributed by atoms with Gasteiger partial charge in [0.15, 0.2) is 0 Å². The first-order chi connectivity index (χ1) is 5.81. The standard InChI is InChI=1S/C11H20O/c1-3-5-7-9-11(12)10-8-6-4-2/h5,11-12H,1,4,6-10H2,2H3. The Kier molecular flexibility index (Phi) is 8.20. The molecule has 70 valence electrons. The van der Waals surface area contributed by atoms with Crippen LogP contribution in [0.15, 0.2) is 18.4 Å². The highest BCUT2D eigenvalue weighted by Crippen LogP contribution is 2.07. The van der Waals surface area contributed by atoms with Crippen LogP contribution in [0.3, 0.4) is 0 Å². The topological polar surface area (TPSA) is 20.2 Å². The van der Waals surface area contributed by atoms with Gasteiger partial charge < -0.3 is 5.11 Å². The third-order valence-electron chi connectivity index (χ3n) is 1.93. The monoisotopic (exact) mass is 168 g/mol. The Hall–Kier alpha value is -0.520. The molecular weight excluding hydrogens is 148 g/mol. The summed E-state index contributed by atoms with van der Waals surface area (Å²) < 4.78 is 0. The second-order valence-corrected chi connectivity index (χ2v) is 3.14. The van der Waals surface area contributed by atoms with Crippen LogP contribution in [0.2, 0.25) is 0 Å². The van der Waals surface area contributed by atoms with Gasteiger partial charge in [-0.05, 0) is 25.3 Å². The van der Waals surface area contributed by atoms with E-state index < -0.39 is 0 Å². The molecule has 0 saturated carbocycles. The third kappa shape index (κ3) is 7.59. The van der Waals surface area contributed by atoms with Crippen LogP contribution in [0.5, 0.6) is 0 Å². The number of allylic oxidation sites excluding steroid dienone is 1. The normalized spacial score (nSPS) is 12.2. The van der Waals surface area contributed by atoms with Crippen molar-refractivity contribution in [2.45, 2.75) is 51.6 Å². The molecule has 0 fully saturated rings. The smallest absolute Gasteiger partial charge is 0.0543 e. The SMILES string of the molecule is C=C=CCCC(O)CCCCC. The largest absolute Gasteiger partial charge is 0.393 e. The van der Waals surface area contributed by atoms with Gasteiger partial charge in [-0.1, -0.05) is 32.8 Å². The highest BCUT2D eigenvalue weighted by Gasteiger charge is 2.00. The van der Waals surface area contributed by atoms with Crippen molar-refractivity contribution in [3.8, 4) is 0 Å². The first-order valence-electron chi connectivity index (χ1n) is 4.83. The molecule has 1 N–H and O–H groups in total. The van der Waals surface area contributed by atoms with Gasteiger partial charge >= 0.3 is 0 Å². The van der Waals surface area contributed by atoms with E-state index in [0.717, 1.165) is 25.7 Å². The predicted molar refractivity (Wildman–Crippen MR) is 53.1 cm³/mol. The summed E-state index contributed by atoms with van der Waals surface area (Å²) in [5.41, 5.74) is 2.70. The molecule has 0 aliphatic rings. The van der Waals surface area contributed by atoms with Gasteiger partial charge in [0, 0.05) is 0 Å². The van der Waals surface area contributed by atoms with E-state index in [1.807, 2.05) is 6.08 Å². The zero-order chi connectivity index (χ0) is 9.23. The van der Waals surface area contributed by atoms with E-state index in [4.69, 9.17) is 0 Å². The summed E-state index contributed by atoms with van der Waals surface area (Å²) in [5.74, 6) is 0. The van der Waals surface area contributed by atoms with Crippen molar-refractivity contribution in [1.82, 2.24) is 0 Å². The van der Waals surface area contributed by atoms with Gasteiger partial charge in [0.25, 0.3) is 0 Å². The summed E-state index contributed by atoms with van der Waals surface area (Å²) in [6.07, 6.45) is 8.05. The second kappa shape index (κ2) is 8.58. The van der Waals surface area contributed by atoms with E-state index in [9.17, 15) is 5.11 Å². The van der Waals surface area contributed by atoms with E-state index in [1.54, 1.807) is 0 Å². The number of unbranched alkanes of at least 4 members (excludes halogenated alkanes) is 2. The first kappa shape index (κ1) is 11.5. The molecule has 0 radical (unpaired) electrons. The average Bonchev–Trinajstić information content (AvgIpc) is 2.06. The van der Waals surface area contributed by atoms with Crippen molar-refractivity contribution in [3.05, 3.63) is 18.4 Å². The zero-order valence-electron chi connectivity index (χ0n) is 8.05. The Morgan fingerprint density at radius 1 is 1.42 bits per heavy atom. The molecule has 0 rings (SSSR count). The lowest BCUT2D eigenvalue weighted by molar-refractivity contribution is 0.152. The average molecular weight is 168 g/mol. The molecule has 1 unspecified atom stereocenters. The maximum absolute atomic E-state index is 9.43. The molecule has 0 saturated heterocycles. The molecule has 0 spiro atoms. The summed E-state index contributed by atoms with van der Waals surface area (Å²) in [6.45, 7) is 5.64. The Labute approximate surface area is 75.8 Å². The molecule has 1 nitrogen and oxygen atoms in total. The molecule has 0 heterocycles. The number of aliphatic hydroxyl groups is 1. The Bertz CT molecular complexity index is 134. The van der Waals surface area contributed by atoms with Gasteiger partial charge in [0.05, 0.1) is 6.10 Å². The van der Waals surface area contributed by atoms with Gasteiger partial charge in [-0.25, -0.2) is 0 Å². The van der Waals surface area contributed by atoms with Crippen LogP contribution in [0.25, 0.3) is 0 Å². The van der Waals surface area contributed by atoms with Crippen LogP contribution < -0.4 is 0 Å². The summed E-state index contributed by atoms with van der Waals surface area (Å²) in [7, 11) is 0. The molecule has 12 heavy (non-hydrogen) atoms. The summed E-state index contributed by atoms with van der Waals surface area (Å²) in [4.78, 5) is 0. The van der Waals surface area contributed by atoms with Crippen LogP contribution in [0.4, 0.5) is 0 Å². The minimum Gasteiger partial charge on any atom is -0.393 e. The molecule has 0 aromatic carbocycles. The molecule has 1 heteroatoms. The maximum atomic E-state index is 9.43. The van der Waals surface area contributed by atoms with Gasteiger partial charge in [0.1, 0.15) is 0 Å². The van der Waals surface area contributed by atoms with Crippen LogP contribution in [-0.2, 0) is 0 Å². The molecule has 0 aromatic rings. The summed E-state index contributed by atoms with van der Waals surface area (Å²) in [6, 6.07) is 0. The number of rotatable bonds is 7. The fraction of sp³-hybridized carbons (Fsp3) is 0.727. The van der Waals surface area contributed by atoms with Gasteiger partial charge in [-0.2, -0.15) is 0 Å². The van der Waals surface area contributed by atoms with Gasteiger partial charge in [-0.15, -0.1) is 5.73 Å². The fourth-order valence-electron chi connectivity index (χ4n) is 1.15. The maximum Gasteiger partial charge on any atom is 0.0543 e. The molecule has 0 amide bonds. The third-order valence-corrected chi connectivity index (χ3v) is 1.93. The molecular formula is C11H20O. The summed E-state index contributed by atoms with van der Waals surface area (Å²) >= 11 is 0. The first-order valence-corrected chi connectivity index (χ1v) is 4.83. The molecule has 0 aliphatic heterocycles. The van der Waals surface area contributed by atoms with Gasteiger partial charge in [-0.3, -0.25) is 0 Å².